The quantitative estimate of drug-likeness (QED) is 0.906. The van der Waals surface area contributed by atoms with Crippen LogP contribution in [-0.2, 0) is 11.3 Å². The summed E-state index contributed by atoms with van der Waals surface area (Å²) in [5, 5.41) is 2.78. The van der Waals surface area contributed by atoms with Gasteiger partial charge in [-0.25, -0.2) is 4.98 Å². The van der Waals surface area contributed by atoms with Crippen LogP contribution in [0.15, 0.2) is 30.0 Å². The molecule has 0 spiro atoms. The second-order valence-electron chi connectivity index (χ2n) is 4.41. The summed E-state index contributed by atoms with van der Waals surface area (Å²) in [7, 11) is 1.90. The summed E-state index contributed by atoms with van der Waals surface area (Å²) >= 11 is 1.59. The summed E-state index contributed by atoms with van der Waals surface area (Å²) in [5.41, 5.74) is 2.86. The molecular weight excluding hydrogens is 260 g/mol. The minimum atomic E-state index is -0.0663. The highest BCUT2D eigenvalue weighted by Crippen LogP contribution is 2.08. The average molecular weight is 276 g/mol. The van der Waals surface area contributed by atoms with Crippen LogP contribution >= 0.6 is 11.3 Å². The molecule has 2 aromatic rings. The number of carbonyl (C=O) groups excluding carboxylic acids is 1. The molecule has 0 unspecified atom stereocenters. The summed E-state index contributed by atoms with van der Waals surface area (Å²) in [6, 6.07) is 3.72. The fourth-order valence-electron chi connectivity index (χ4n) is 1.61. The molecule has 0 aliphatic carbocycles. The number of rotatable bonds is 5. The first-order chi connectivity index (χ1) is 9.13. The van der Waals surface area contributed by atoms with E-state index in [1.165, 1.54) is 0 Å². The first-order valence-electron chi connectivity index (χ1n) is 5.92. The number of pyridine rings is 1. The van der Waals surface area contributed by atoms with Crippen LogP contribution in [0.1, 0.15) is 10.4 Å². The molecule has 1 N–H and O–H groups in total. The van der Waals surface area contributed by atoms with Crippen LogP contribution in [0.25, 0.3) is 0 Å². The van der Waals surface area contributed by atoms with Crippen molar-refractivity contribution in [3.05, 3.63) is 40.5 Å². The fourth-order valence-corrected chi connectivity index (χ4v) is 2.29. The Morgan fingerprint density at radius 3 is 2.89 bits per heavy atom. The van der Waals surface area contributed by atoms with Crippen LogP contribution in [0.4, 0.5) is 5.82 Å². The largest absolute Gasteiger partial charge is 0.310 e. The number of carbonyl (C=O) groups is 1. The van der Waals surface area contributed by atoms with Crippen LogP contribution < -0.4 is 5.32 Å². The molecule has 0 aromatic carbocycles. The van der Waals surface area contributed by atoms with E-state index in [4.69, 9.17) is 0 Å². The molecule has 0 saturated heterocycles. The Morgan fingerprint density at radius 1 is 1.42 bits per heavy atom. The molecule has 2 aromatic heterocycles. The Hall–Kier alpha value is -1.79. The number of aryl methyl sites for hydroxylation is 1. The second kappa shape index (κ2) is 6.40. The first kappa shape index (κ1) is 13.6. The lowest BCUT2D eigenvalue weighted by atomic mass is 10.3. The van der Waals surface area contributed by atoms with E-state index in [0.29, 0.717) is 12.4 Å². The van der Waals surface area contributed by atoms with Crippen molar-refractivity contribution in [2.24, 2.45) is 0 Å². The van der Waals surface area contributed by atoms with Crippen molar-refractivity contribution in [2.75, 3.05) is 18.9 Å². The normalized spacial score (nSPS) is 10.7. The summed E-state index contributed by atoms with van der Waals surface area (Å²) in [6.07, 6.45) is 3.55. The molecule has 0 bridgehead atoms. The zero-order chi connectivity index (χ0) is 13.7. The third kappa shape index (κ3) is 4.42. The lowest BCUT2D eigenvalue weighted by Crippen LogP contribution is -2.29. The van der Waals surface area contributed by atoms with Gasteiger partial charge < -0.3 is 5.32 Å². The third-order valence-electron chi connectivity index (χ3n) is 2.50. The molecule has 6 heteroatoms. The molecule has 0 saturated carbocycles. The fraction of sp³-hybridized carbons (Fsp3) is 0.308. The van der Waals surface area contributed by atoms with Crippen molar-refractivity contribution in [3.8, 4) is 0 Å². The number of likely N-dealkylation sites (N-methyl/N-ethyl adjacent to an activating group) is 1. The van der Waals surface area contributed by atoms with E-state index in [-0.39, 0.29) is 5.91 Å². The number of aromatic nitrogens is 2. The predicted octanol–water partition coefficient (Wildman–Crippen LogP) is 1.92. The molecule has 1 amide bonds. The molecule has 2 rings (SSSR count). The monoisotopic (exact) mass is 276 g/mol. The Kier molecular flexibility index (Phi) is 4.59. The van der Waals surface area contributed by atoms with E-state index in [0.717, 1.165) is 17.0 Å². The zero-order valence-electron chi connectivity index (χ0n) is 11.0. The number of nitrogens with zero attached hydrogens (tertiary/aromatic N) is 3. The van der Waals surface area contributed by atoms with Crippen molar-refractivity contribution in [3.63, 3.8) is 0 Å². The molecule has 0 radical (unpaired) electrons. The van der Waals surface area contributed by atoms with Gasteiger partial charge in [-0.3, -0.25) is 14.7 Å². The Morgan fingerprint density at radius 2 is 2.26 bits per heavy atom. The van der Waals surface area contributed by atoms with Crippen molar-refractivity contribution >= 4 is 23.1 Å². The van der Waals surface area contributed by atoms with Gasteiger partial charge in [0.25, 0.3) is 0 Å². The molecule has 0 aliphatic heterocycles. The number of anilines is 1. The van der Waals surface area contributed by atoms with Gasteiger partial charge in [0.2, 0.25) is 5.91 Å². The average Bonchev–Trinajstić information content (AvgIpc) is 2.84. The van der Waals surface area contributed by atoms with Crippen molar-refractivity contribution < 1.29 is 4.79 Å². The summed E-state index contributed by atoms with van der Waals surface area (Å²) in [5.74, 6) is 0.519. The Bertz CT molecular complexity index is 524. The molecule has 0 aliphatic rings. The topological polar surface area (TPSA) is 58.1 Å². The molecular formula is C13H16N4OS. The van der Waals surface area contributed by atoms with Gasteiger partial charge in [0.1, 0.15) is 5.82 Å². The van der Waals surface area contributed by atoms with Crippen LogP contribution in [0.3, 0.4) is 0 Å². The highest BCUT2D eigenvalue weighted by atomic mass is 32.1. The Balaban J connectivity index is 1.82. The van der Waals surface area contributed by atoms with Crippen molar-refractivity contribution in [1.82, 2.24) is 14.9 Å². The van der Waals surface area contributed by atoms with Crippen LogP contribution in [0.2, 0.25) is 0 Å². The maximum Gasteiger partial charge on any atom is 0.239 e. The maximum atomic E-state index is 11.8. The lowest BCUT2D eigenvalue weighted by molar-refractivity contribution is -0.117. The zero-order valence-corrected chi connectivity index (χ0v) is 11.8. The van der Waals surface area contributed by atoms with E-state index in [9.17, 15) is 4.79 Å². The van der Waals surface area contributed by atoms with E-state index in [1.807, 2.05) is 31.1 Å². The summed E-state index contributed by atoms with van der Waals surface area (Å²) < 4.78 is 0. The minimum absolute atomic E-state index is 0.0663. The Labute approximate surface area is 116 Å². The van der Waals surface area contributed by atoms with E-state index < -0.39 is 0 Å². The molecule has 100 valence electrons. The first-order valence-corrected chi connectivity index (χ1v) is 6.80. The predicted molar refractivity (Wildman–Crippen MR) is 76.1 cm³/mol. The molecule has 0 fully saturated rings. The highest BCUT2D eigenvalue weighted by Gasteiger charge is 2.08. The van der Waals surface area contributed by atoms with Gasteiger partial charge in [-0.15, -0.1) is 11.3 Å². The van der Waals surface area contributed by atoms with Gasteiger partial charge in [0.05, 0.1) is 12.1 Å². The lowest BCUT2D eigenvalue weighted by Gasteiger charge is -2.14. The van der Waals surface area contributed by atoms with Crippen molar-refractivity contribution in [2.45, 2.75) is 13.5 Å². The third-order valence-corrected chi connectivity index (χ3v) is 3.27. The SMILES string of the molecule is Cc1ccc(NC(=O)CN(C)Cc2cncs2)nc1. The van der Waals surface area contributed by atoms with Crippen LogP contribution in [0.5, 0.6) is 0 Å². The maximum absolute atomic E-state index is 11.8. The van der Waals surface area contributed by atoms with Gasteiger partial charge in [0.15, 0.2) is 0 Å². The second-order valence-corrected chi connectivity index (χ2v) is 5.38. The van der Waals surface area contributed by atoms with Gasteiger partial charge in [-0.2, -0.15) is 0 Å². The van der Waals surface area contributed by atoms with Gasteiger partial charge in [0, 0.05) is 23.8 Å². The summed E-state index contributed by atoms with van der Waals surface area (Å²) in [6.45, 7) is 3.01. The van der Waals surface area contributed by atoms with Crippen LogP contribution in [-0.4, -0.2) is 34.4 Å². The molecule has 2 heterocycles. The summed E-state index contributed by atoms with van der Waals surface area (Å²) in [4.78, 5) is 23.1. The van der Waals surface area contributed by atoms with Crippen molar-refractivity contribution in [1.29, 1.82) is 0 Å². The highest BCUT2D eigenvalue weighted by molar-refractivity contribution is 7.09. The number of amides is 1. The number of hydrogen-bond acceptors (Lipinski definition) is 5. The van der Waals surface area contributed by atoms with Gasteiger partial charge in [-0.05, 0) is 25.6 Å². The van der Waals surface area contributed by atoms with Crippen LogP contribution in [0, 0.1) is 6.92 Å². The minimum Gasteiger partial charge on any atom is -0.310 e. The number of hydrogen-bond donors (Lipinski definition) is 1. The number of nitrogens with one attached hydrogen (secondary N) is 1. The van der Waals surface area contributed by atoms with E-state index in [2.05, 4.69) is 15.3 Å². The van der Waals surface area contributed by atoms with Gasteiger partial charge >= 0.3 is 0 Å². The standard InChI is InChI=1S/C13H16N4OS/c1-10-3-4-12(15-5-10)16-13(18)8-17(2)7-11-6-14-9-19-11/h3-6,9H,7-8H2,1-2H3,(H,15,16,18). The molecule has 0 atom stereocenters. The molecule has 19 heavy (non-hydrogen) atoms. The molecule has 5 nitrogen and oxygen atoms in total. The van der Waals surface area contributed by atoms with Gasteiger partial charge in [-0.1, -0.05) is 6.07 Å². The number of thiazole rings is 1. The van der Waals surface area contributed by atoms with E-state index in [1.54, 1.807) is 29.1 Å². The smallest absolute Gasteiger partial charge is 0.239 e. The van der Waals surface area contributed by atoms with E-state index >= 15 is 0 Å².